The fourth-order valence-corrected chi connectivity index (χ4v) is 5.75. The molecule has 9 nitrogen and oxygen atoms in total. The molecule has 222 valence electrons. The number of hydrogen-bond donors (Lipinski definition) is 2. The molecule has 0 spiro atoms. The van der Waals surface area contributed by atoms with E-state index in [0.29, 0.717) is 35.7 Å². The third-order valence-corrected chi connectivity index (χ3v) is 7.61. The summed E-state index contributed by atoms with van der Waals surface area (Å²) in [4.78, 5) is 28.9. The largest absolute Gasteiger partial charge is 0.494 e. The average Bonchev–Trinajstić information content (AvgIpc) is 3.48. The molecule has 10 heteroatoms. The monoisotopic (exact) mass is 569 g/mol. The number of ether oxygens (including phenoxy) is 3. The molecular formula is C31H40FN3O6. The highest BCUT2D eigenvalue weighted by Crippen LogP contribution is 2.43. The van der Waals surface area contributed by atoms with Crippen molar-refractivity contribution >= 4 is 23.3 Å². The molecule has 1 atom stereocenters. The van der Waals surface area contributed by atoms with Gasteiger partial charge in [-0.1, -0.05) is 20.8 Å². The predicted octanol–water partition coefficient (Wildman–Crippen LogP) is 5.40. The van der Waals surface area contributed by atoms with Crippen molar-refractivity contribution in [3.63, 3.8) is 0 Å². The molecule has 4 rings (SSSR count). The summed E-state index contributed by atoms with van der Waals surface area (Å²) in [5, 5.41) is 18.2. The minimum atomic E-state index is -0.872. The zero-order chi connectivity index (χ0) is 30.1. The van der Waals surface area contributed by atoms with Crippen molar-refractivity contribution in [2.24, 2.45) is 0 Å². The number of anilines is 1. The molecule has 0 saturated carbocycles. The molecule has 2 N–H and O–H groups in total. The molecule has 0 aliphatic carbocycles. The number of hydrogen-bond acceptors (Lipinski definition) is 7. The Morgan fingerprint density at radius 3 is 2.44 bits per heavy atom. The zero-order valence-corrected chi connectivity index (χ0v) is 24.7. The lowest BCUT2D eigenvalue weighted by atomic mass is 9.84. The van der Waals surface area contributed by atoms with E-state index in [9.17, 15) is 14.7 Å². The second kappa shape index (κ2) is 12.0. The van der Waals surface area contributed by atoms with Crippen LogP contribution in [0.25, 0.3) is 0 Å². The summed E-state index contributed by atoms with van der Waals surface area (Å²) in [6, 6.07) is 5.07. The first-order valence-corrected chi connectivity index (χ1v) is 14.1. The van der Waals surface area contributed by atoms with Crippen LogP contribution in [0, 0.1) is 11.2 Å². The number of Topliss-reactive ketones (excluding diaryl/α,β-unsaturated/α-hetero) is 1. The number of rotatable bonds is 11. The number of nitrogens with zero attached hydrogens (tertiary/aromatic N) is 2. The van der Waals surface area contributed by atoms with Gasteiger partial charge in [0.25, 0.3) is 0 Å². The number of halogens is 1. The van der Waals surface area contributed by atoms with Crippen LogP contribution < -0.4 is 19.1 Å². The van der Waals surface area contributed by atoms with Crippen LogP contribution in [0.3, 0.4) is 0 Å². The van der Waals surface area contributed by atoms with E-state index in [4.69, 9.17) is 19.6 Å². The Balaban J connectivity index is 1.69. The SMILES string of the molecule is CCOc1cc2c(c(F)c1OCC)C(=N)N(CC(=O)c1cc(N3CCCC3CC(=O)O)c(OC)c(C(C)(C)C)c1)C2. The molecule has 2 aliphatic rings. The predicted molar refractivity (Wildman–Crippen MR) is 155 cm³/mol. The summed E-state index contributed by atoms with van der Waals surface area (Å²) in [6.45, 7) is 10.9. The van der Waals surface area contributed by atoms with E-state index in [1.165, 1.54) is 0 Å². The Kier molecular flexibility index (Phi) is 8.80. The second-order valence-electron chi connectivity index (χ2n) is 11.5. The van der Waals surface area contributed by atoms with Gasteiger partial charge in [0.2, 0.25) is 0 Å². The molecule has 0 radical (unpaired) electrons. The van der Waals surface area contributed by atoms with Gasteiger partial charge in [-0.05, 0) is 55.9 Å². The zero-order valence-electron chi connectivity index (χ0n) is 24.7. The third-order valence-electron chi connectivity index (χ3n) is 7.61. The maximum Gasteiger partial charge on any atom is 0.305 e. The summed E-state index contributed by atoms with van der Waals surface area (Å²) in [6.07, 6.45) is 1.57. The summed E-state index contributed by atoms with van der Waals surface area (Å²) < 4.78 is 32.5. The number of carboxylic acid groups (broad SMARTS) is 1. The number of ketones is 1. The minimum absolute atomic E-state index is 0.00555. The lowest BCUT2D eigenvalue weighted by Crippen LogP contribution is -2.33. The van der Waals surface area contributed by atoms with Gasteiger partial charge in [-0.3, -0.25) is 15.0 Å². The van der Waals surface area contributed by atoms with Crippen LogP contribution >= 0.6 is 0 Å². The van der Waals surface area contributed by atoms with Gasteiger partial charge in [-0.2, -0.15) is 0 Å². The first-order valence-electron chi connectivity index (χ1n) is 14.1. The Bertz CT molecular complexity index is 1350. The van der Waals surface area contributed by atoms with Crippen LogP contribution in [0.15, 0.2) is 18.2 Å². The Labute approximate surface area is 240 Å². The van der Waals surface area contributed by atoms with Crippen molar-refractivity contribution in [2.75, 3.05) is 38.3 Å². The highest BCUT2D eigenvalue weighted by molar-refractivity contribution is 6.06. The molecule has 2 aromatic carbocycles. The van der Waals surface area contributed by atoms with Crippen LogP contribution in [0.1, 0.15) is 80.9 Å². The van der Waals surface area contributed by atoms with Crippen LogP contribution in [0.4, 0.5) is 10.1 Å². The van der Waals surface area contributed by atoms with E-state index in [-0.39, 0.29) is 66.3 Å². The summed E-state index contributed by atoms with van der Waals surface area (Å²) >= 11 is 0. The molecule has 2 heterocycles. The second-order valence-corrected chi connectivity index (χ2v) is 11.5. The number of aliphatic carboxylic acids is 1. The molecule has 2 aromatic rings. The Hall–Kier alpha value is -3.82. The van der Waals surface area contributed by atoms with Gasteiger partial charge in [0.05, 0.1) is 44.5 Å². The molecule has 2 aliphatic heterocycles. The Morgan fingerprint density at radius 1 is 1.12 bits per heavy atom. The minimum Gasteiger partial charge on any atom is -0.494 e. The number of fused-ring (bicyclic) bond motifs is 1. The molecule has 1 unspecified atom stereocenters. The van der Waals surface area contributed by atoms with Crippen molar-refractivity contribution in [3.8, 4) is 17.2 Å². The van der Waals surface area contributed by atoms with Crippen molar-refractivity contribution in [1.29, 1.82) is 5.41 Å². The topological polar surface area (TPSA) is 112 Å². The average molecular weight is 570 g/mol. The van der Waals surface area contributed by atoms with E-state index in [0.717, 1.165) is 18.4 Å². The summed E-state index contributed by atoms with van der Waals surface area (Å²) in [5.74, 6) is -0.967. The normalized spacial score (nSPS) is 16.7. The van der Waals surface area contributed by atoms with Crippen LogP contribution in [0.5, 0.6) is 17.2 Å². The highest BCUT2D eigenvalue weighted by atomic mass is 19.1. The molecule has 1 saturated heterocycles. The number of nitrogens with one attached hydrogen (secondary N) is 1. The smallest absolute Gasteiger partial charge is 0.305 e. The number of carbonyl (C=O) groups is 2. The highest BCUT2D eigenvalue weighted by Gasteiger charge is 2.35. The number of benzene rings is 2. The van der Waals surface area contributed by atoms with Crippen molar-refractivity contribution in [3.05, 3.63) is 46.3 Å². The fourth-order valence-electron chi connectivity index (χ4n) is 5.75. The van der Waals surface area contributed by atoms with Gasteiger partial charge >= 0.3 is 5.97 Å². The summed E-state index contributed by atoms with van der Waals surface area (Å²) in [5.41, 5.74) is 2.26. The maximum atomic E-state index is 15.5. The van der Waals surface area contributed by atoms with E-state index in [2.05, 4.69) is 0 Å². The van der Waals surface area contributed by atoms with Crippen molar-refractivity contribution < 1.29 is 33.3 Å². The van der Waals surface area contributed by atoms with Crippen LogP contribution in [-0.4, -0.2) is 67.0 Å². The quantitative estimate of drug-likeness (QED) is 0.346. The fraction of sp³-hybridized carbons (Fsp3) is 0.516. The molecule has 0 aromatic heterocycles. The van der Waals surface area contributed by atoms with Crippen LogP contribution in [-0.2, 0) is 16.8 Å². The summed E-state index contributed by atoms with van der Waals surface area (Å²) in [7, 11) is 1.59. The van der Waals surface area contributed by atoms with E-state index < -0.39 is 11.8 Å². The molecular weight excluding hydrogens is 529 g/mol. The van der Waals surface area contributed by atoms with E-state index in [1.54, 1.807) is 38.0 Å². The van der Waals surface area contributed by atoms with Gasteiger partial charge in [0, 0.05) is 30.3 Å². The van der Waals surface area contributed by atoms with Gasteiger partial charge < -0.3 is 29.1 Å². The third kappa shape index (κ3) is 5.96. The lowest BCUT2D eigenvalue weighted by molar-refractivity contribution is -0.137. The first kappa shape index (κ1) is 30.1. The van der Waals surface area contributed by atoms with Crippen LogP contribution in [0.2, 0.25) is 0 Å². The number of carboxylic acids is 1. The number of carbonyl (C=O) groups excluding carboxylic acids is 1. The van der Waals surface area contributed by atoms with Gasteiger partial charge in [0.1, 0.15) is 11.6 Å². The van der Waals surface area contributed by atoms with Crippen molar-refractivity contribution in [2.45, 2.75) is 71.9 Å². The standard InChI is InChI=1S/C31H40FN3O6/c1-7-40-24-14-19-16-34(30(33)26(19)27(32)29(24)41-8-2)17-23(36)18-12-21(31(3,4)5)28(39-6)22(13-18)35-11-9-10-20(35)15-25(37)38/h12-14,20,33H,7-11,15-17H2,1-6H3,(H,37,38). The van der Waals surface area contributed by atoms with Gasteiger partial charge in [0.15, 0.2) is 23.1 Å². The molecule has 1 fully saturated rings. The van der Waals surface area contributed by atoms with Crippen molar-refractivity contribution in [1.82, 2.24) is 4.90 Å². The van der Waals surface area contributed by atoms with Gasteiger partial charge in [-0.25, -0.2) is 4.39 Å². The molecule has 0 amide bonds. The van der Waals surface area contributed by atoms with E-state index >= 15 is 4.39 Å². The first-order chi connectivity index (χ1) is 19.4. The lowest BCUT2D eigenvalue weighted by Gasteiger charge is -2.32. The number of amidine groups is 1. The molecule has 0 bridgehead atoms. The number of methoxy groups -OCH3 is 1. The van der Waals surface area contributed by atoms with E-state index in [1.807, 2.05) is 31.7 Å². The Morgan fingerprint density at radius 2 is 1.83 bits per heavy atom. The molecule has 41 heavy (non-hydrogen) atoms. The maximum absolute atomic E-state index is 15.5. The van der Waals surface area contributed by atoms with Gasteiger partial charge in [-0.15, -0.1) is 0 Å².